The van der Waals surface area contributed by atoms with E-state index >= 15 is 0 Å². The molecule has 0 radical (unpaired) electrons. The van der Waals surface area contributed by atoms with Crippen LogP contribution < -0.4 is 5.73 Å². The van der Waals surface area contributed by atoms with Crippen molar-refractivity contribution in [1.29, 1.82) is 0 Å². The second-order valence-electron chi connectivity index (χ2n) is 3.04. The van der Waals surface area contributed by atoms with Crippen molar-refractivity contribution in [1.82, 2.24) is 0 Å². The second-order valence-corrected chi connectivity index (χ2v) is 3.04. The lowest BCUT2D eigenvalue weighted by atomic mass is 10.0. The third kappa shape index (κ3) is 2.05. The van der Waals surface area contributed by atoms with Crippen molar-refractivity contribution < 1.29 is 4.39 Å². The lowest BCUT2D eigenvalue weighted by molar-refractivity contribution is 0.620. The summed E-state index contributed by atoms with van der Waals surface area (Å²) in [6, 6.07) is 4.90. The van der Waals surface area contributed by atoms with Gasteiger partial charge in [0, 0.05) is 6.04 Å². The highest BCUT2D eigenvalue weighted by molar-refractivity contribution is 5.26. The molecule has 0 aliphatic rings. The average Bonchev–Trinajstić information content (AvgIpc) is 2.03. The Morgan fingerprint density at radius 3 is 2.58 bits per heavy atom. The molecule has 2 N–H and O–H groups in total. The number of aryl methyl sites for hydroxylation is 1. The van der Waals surface area contributed by atoms with Crippen LogP contribution in [0.5, 0.6) is 0 Å². The van der Waals surface area contributed by atoms with Crippen LogP contribution in [0.3, 0.4) is 0 Å². The second kappa shape index (κ2) is 3.68. The molecule has 1 aromatic rings. The van der Waals surface area contributed by atoms with E-state index in [-0.39, 0.29) is 11.9 Å². The highest BCUT2D eigenvalue weighted by Crippen LogP contribution is 2.14. The van der Waals surface area contributed by atoms with E-state index in [1.165, 1.54) is 6.07 Å². The van der Waals surface area contributed by atoms with Crippen molar-refractivity contribution in [3.63, 3.8) is 0 Å². The van der Waals surface area contributed by atoms with Gasteiger partial charge in [-0.2, -0.15) is 0 Å². The summed E-state index contributed by atoms with van der Waals surface area (Å²) in [6.45, 7) is 3.86. The van der Waals surface area contributed by atoms with E-state index < -0.39 is 0 Å². The molecule has 12 heavy (non-hydrogen) atoms. The van der Waals surface area contributed by atoms with Crippen LogP contribution in [0, 0.1) is 5.82 Å². The quantitative estimate of drug-likeness (QED) is 0.719. The predicted molar refractivity (Wildman–Crippen MR) is 48.4 cm³/mol. The normalized spacial score (nSPS) is 13.0. The van der Waals surface area contributed by atoms with Crippen molar-refractivity contribution in [2.24, 2.45) is 5.73 Å². The van der Waals surface area contributed by atoms with Gasteiger partial charge in [0.25, 0.3) is 0 Å². The van der Waals surface area contributed by atoms with Crippen LogP contribution in [0.25, 0.3) is 0 Å². The fourth-order valence-electron chi connectivity index (χ4n) is 1.14. The number of hydrogen-bond acceptors (Lipinski definition) is 1. The van der Waals surface area contributed by atoms with E-state index in [1.807, 2.05) is 19.9 Å². The molecule has 0 saturated carbocycles. The van der Waals surface area contributed by atoms with Crippen LogP contribution in [-0.4, -0.2) is 0 Å². The Kier molecular flexibility index (Phi) is 2.82. The van der Waals surface area contributed by atoms with E-state index in [0.717, 1.165) is 17.5 Å². The smallest absolute Gasteiger partial charge is 0.123 e. The Balaban J connectivity index is 3.06. The zero-order valence-corrected chi connectivity index (χ0v) is 7.47. The summed E-state index contributed by atoms with van der Waals surface area (Å²) in [5, 5.41) is 0. The molecular weight excluding hydrogens is 153 g/mol. The standard InChI is InChI=1S/C10H14FN/c1-3-8-4-9(7(2)12)6-10(11)5-8/h4-7H,3,12H2,1-2H3. The van der Waals surface area contributed by atoms with Gasteiger partial charge in [0.2, 0.25) is 0 Å². The molecule has 0 aromatic heterocycles. The first kappa shape index (κ1) is 9.20. The summed E-state index contributed by atoms with van der Waals surface area (Å²) >= 11 is 0. The maximum atomic E-state index is 12.9. The minimum absolute atomic E-state index is 0.0917. The Hall–Kier alpha value is -0.890. The number of hydrogen-bond donors (Lipinski definition) is 1. The molecule has 1 atom stereocenters. The van der Waals surface area contributed by atoms with Gasteiger partial charge in [0.15, 0.2) is 0 Å². The van der Waals surface area contributed by atoms with Crippen LogP contribution in [0.2, 0.25) is 0 Å². The minimum Gasteiger partial charge on any atom is -0.324 e. The maximum Gasteiger partial charge on any atom is 0.123 e. The monoisotopic (exact) mass is 167 g/mol. The lowest BCUT2D eigenvalue weighted by Crippen LogP contribution is -2.05. The van der Waals surface area contributed by atoms with Gasteiger partial charge >= 0.3 is 0 Å². The van der Waals surface area contributed by atoms with Gasteiger partial charge in [-0.05, 0) is 36.6 Å². The van der Waals surface area contributed by atoms with Crippen molar-refractivity contribution in [3.8, 4) is 0 Å². The molecular formula is C10H14FN. The first-order chi connectivity index (χ1) is 5.63. The number of halogens is 1. The third-order valence-electron chi connectivity index (χ3n) is 1.91. The summed E-state index contributed by atoms with van der Waals surface area (Å²) in [7, 11) is 0. The molecule has 1 unspecified atom stereocenters. The lowest BCUT2D eigenvalue weighted by Gasteiger charge is -2.07. The van der Waals surface area contributed by atoms with Gasteiger partial charge in [-0.1, -0.05) is 13.0 Å². The van der Waals surface area contributed by atoms with Crippen LogP contribution in [-0.2, 0) is 6.42 Å². The summed E-state index contributed by atoms with van der Waals surface area (Å²) < 4.78 is 12.9. The first-order valence-corrected chi connectivity index (χ1v) is 4.18. The summed E-state index contributed by atoms with van der Waals surface area (Å²) in [4.78, 5) is 0. The Morgan fingerprint density at radius 1 is 1.42 bits per heavy atom. The topological polar surface area (TPSA) is 26.0 Å². The molecule has 0 fully saturated rings. The van der Waals surface area contributed by atoms with Gasteiger partial charge in [0.05, 0.1) is 0 Å². The van der Waals surface area contributed by atoms with E-state index in [0.29, 0.717) is 0 Å². The fourth-order valence-corrected chi connectivity index (χ4v) is 1.14. The molecule has 0 aliphatic heterocycles. The highest BCUT2D eigenvalue weighted by Gasteiger charge is 2.02. The van der Waals surface area contributed by atoms with Crippen molar-refractivity contribution in [3.05, 3.63) is 35.1 Å². The van der Waals surface area contributed by atoms with Crippen molar-refractivity contribution in [2.45, 2.75) is 26.3 Å². The van der Waals surface area contributed by atoms with Gasteiger partial charge in [-0.3, -0.25) is 0 Å². The zero-order chi connectivity index (χ0) is 9.14. The molecule has 1 aromatic carbocycles. The van der Waals surface area contributed by atoms with E-state index in [2.05, 4.69) is 0 Å². The summed E-state index contributed by atoms with van der Waals surface area (Å²) in [5.41, 5.74) is 7.51. The minimum atomic E-state index is -0.193. The Morgan fingerprint density at radius 2 is 2.08 bits per heavy atom. The molecule has 0 saturated heterocycles. The van der Waals surface area contributed by atoms with Gasteiger partial charge < -0.3 is 5.73 Å². The van der Waals surface area contributed by atoms with Crippen LogP contribution in [0.15, 0.2) is 18.2 Å². The molecule has 1 nitrogen and oxygen atoms in total. The fraction of sp³-hybridized carbons (Fsp3) is 0.400. The number of rotatable bonds is 2. The maximum absolute atomic E-state index is 12.9. The van der Waals surface area contributed by atoms with E-state index in [1.54, 1.807) is 6.07 Å². The predicted octanol–water partition coefficient (Wildman–Crippen LogP) is 2.41. The van der Waals surface area contributed by atoms with Gasteiger partial charge in [-0.15, -0.1) is 0 Å². The van der Waals surface area contributed by atoms with Crippen molar-refractivity contribution >= 4 is 0 Å². The molecule has 1 rings (SSSR count). The molecule has 0 bridgehead atoms. The zero-order valence-electron chi connectivity index (χ0n) is 7.47. The Labute approximate surface area is 72.4 Å². The molecule has 0 aliphatic carbocycles. The summed E-state index contributed by atoms with van der Waals surface area (Å²) in [6.07, 6.45) is 0.845. The van der Waals surface area contributed by atoms with E-state index in [9.17, 15) is 4.39 Å². The SMILES string of the molecule is CCc1cc(F)cc(C(C)N)c1. The third-order valence-corrected chi connectivity index (χ3v) is 1.91. The Bertz CT molecular complexity index is 269. The number of benzene rings is 1. The van der Waals surface area contributed by atoms with Crippen LogP contribution >= 0.6 is 0 Å². The van der Waals surface area contributed by atoms with Gasteiger partial charge in [-0.25, -0.2) is 4.39 Å². The van der Waals surface area contributed by atoms with E-state index in [4.69, 9.17) is 5.73 Å². The molecule has 0 amide bonds. The molecule has 66 valence electrons. The first-order valence-electron chi connectivity index (χ1n) is 4.18. The van der Waals surface area contributed by atoms with Crippen LogP contribution in [0.4, 0.5) is 4.39 Å². The largest absolute Gasteiger partial charge is 0.324 e. The average molecular weight is 167 g/mol. The number of nitrogens with two attached hydrogens (primary N) is 1. The molecule has 2 heteroatoms. The highest BCUT2D eigenvalue weighted by atomic mass is 19.1. The molecule has 0 heterocycles. The van der Waals surface area contributed by atoms with Crippen molar-refractivity contribution in [2.75, 3.05) is 0 Å². The summed E-state index contributed by atoms with van der Waals surface area (Å²) in [5.74, 6) is -0.193. The van der Waals surface area contributed by atoms with Gasteiger partial charge in [0.1, 0.15) is 5.82 Å². The molecule has 0 spiro atoms. The van der Waals surface area contributed by atoms with Crippen LogP contribution in [0.1, 0.15) is 31.0 Å².